The van der Waals surface area contributed by atoms with Crippen molar-refractivity contribution >= 4 is 0 Å². The Morgan fingerprint density at radius 3 is 2.20 bits per heavy atom. The number of aliphatic hydroxyl groups is 1. The summed E-state index contributed by atoms with van der Waals surface area (Å²) in [4.78, 5) is 2.26. The summed E-state index contributed by atoms with van der Waals surface area (Å²) in [6, 6.07) is 0. The lowest BCUT2D eigenvalue weighted by Crippen LogP contribution is -2.52. The van der Waals surface area contributed by atoms with Gasteiger partial charge in [0.1, 0.15) is 0 Å². The van der Waals surface area contributed by atoms with Crippen LogP contribution in [0.15, 0.2) is 0 Å². The van der Waals surface area contributed by atoms with Crippen LogP contribution in [0, 0.1) is 5.92 Å². The summed E-state index contributed by atoms with van der Waals surface area (Å²) >= 11 is 0. The molecule has 2 nitrogen and oxygen atoms in total. The molecule has 1 aliphatic carbocycles. The Morgan fingerprint density at radius 2 is 1.80 bits per heavy atom. The maximum Gasteiger partial charge on any atom is 0.0726 e. The van der Waals surface area contributed by atoms with Crippen molar-refractivity contribution in [2.24, 2.45) is 5.92 Å². The van der Waals surface area contributed by atoms with Gasteiger partial charge in [0.15, 0.2) is 0 Å². The molecule has 0 heterocycles. The van der Waals surface area contributed by atoms with Crippen LogP contribution in [0.2, 0.25) is 0 Å². The van der Waals surface area contributed by atoms with Gasteiger partial charge in [-0.2, -0.15) is 0 Å². The van der Waals surface area contributed by atoms with E-state index in [1.807, 2.05) is 0 Å². The summed E-state index contributed by atoms with van der Waals surface area (Å²) in [7, 11) is 4.23. The molecule has 2 heteroatoms. The third-order valence-corrected chi connectivity index (χ3v) is 4.30. The number of hydrogen-bond acceptors (Lipinski definition) is 2. The first-order chi connectivity index (χ1) is 7.03. The number of nitrogens with zero attached hydrogens (tertiary/aromatic N) is 1. The quantitative estimate of drug-likeness (QED) is 0.759. The first-order valence-electron chi connectivity index (χ1n) is 6.38. The molecule has 0 spiro atoms. The number of rotatable bonds is 5. The highest BCUT2D eigenvalue weighted by molar-refractivity contribution is 4.98. The van der Waals surface area contributed by atoms with Gasteiger partial charge < -0.3 is 10.0 Å². The summed E-state index contributed by atoms with van der Waals surface area (Å²) in [5.74, 6) is 0.637. The fourth-order valence-electron chi connectivity index (χ4n) is 2.83. The van der Waals surface area contributed by atoms with Crippen molar-refractivity contribution in [1.29, 1.82) is 0 Å². The molecule has 0 amide bonds. The molecule has 0 radical (unpaired) electrons. The van der Waals surface area contributed by atoms with Crippen molar-refractivity contribution in [2.75, 3.05) is 14.1 Å². The van der Waals surface area contributed by atoms with Crippen LogP contribution in [0.25, 0.3) is 0 Å². The summed E-state index contributed by atoms with van der Waals surface area (Å²) in [5, 5.41) is 10.4. The molecule has 15 heavy (non-hydrogen) atoms. The fraction of sp³-hybridized carbons (Fsp3) is 1.00. The maximum atomic E-state index is 10.4. The van der Waals surface area contributed by atoms with Gasteiger partial charge in [-0.05, 0) is 39.3 Å². The average molecular weight is 213 g/mol. The van der Waals surface area contributed by atoms with Gasteiger partial charge >= 0.3 is 0 Å². The van der Waals surface area contributed by atoms with E-state index in [0.717, 1.165) is 19.3 Å². The predicted octanol–water partition coefficient (Wildman–Crippen LogP) is 2.66. The molecule has 0 bridgehead atoms. The lowest BCUT2D eigenvalue weighted by atomic mass is 9.83. The second kappa shape index (κ2) is 5.31. The van der Waals surface area contributed by atoms with Gasteiger partial charge in [0.2, 0.25) is 0 Å². The minimum atomic E-state index is -0.148. The van der Waals surface area contributed by atoms with E-state index in [1.165, 1.54) is 19.3 Å². The zero-order valence-corrected chi connectivity index (χ0v) is 10.8. The zero-order valence-electron chi connectivity index (χ0n) is 10.8. The van der Waals surface area contributed by atoms with Crippen LogP contribution in [0.5, 0.6) is 0 Å². The Labute approximate surface area is 94.7 Å². The highest BCUT2D eigenvalue weighted by Gasteiger charge is 2.42. The monoisotopic (exact) mass is 213 g/mol. The van der Waals surface area contributed by atoms with Crippen molar-refractivity contribution in [1.82, 2.24) is 4.90 Å². The molecule has 1 N–H and O–H groups in total. The molecule has 1 aliphatic rings. The Morgan fingerprint density at radius 1 is 1.27 bits per heavy atom. The van der Waals surface area contributed by atoms with Crippen LogP contribution in [0.1, 0.15) is 52.4 Å². The molecule has 2 atom stereocenters. The SMILES string of the molecule is CCC(C)CC(O)C1(N(C)C)CCCC1. The van der Waals surface area contributed by atoms with Gasteiger partial charge in [0.05, 0.1) is 6.10 Å². The molecular weight excluding hydrogens is 186 g/mol. The predicted molar refractivity (Wildman–Crippen MR) is 65.0 cm³/mol. The Bertz CT molecular complexity index is 185. The summed E-state index contributed by atoms with van der Waals surface area (Å²) in [6.45, 7) is 4.44. The topological polar surface area (TPSA) is 23.5 Å². The molecular formula is C13H27NO. The van der Waals surface area contributed by atoms with Crippen LogP contribution in [0.4, 0.5) is 0 Å². The van der Waals surface area contributed by atoms with Crippen molar-refractivity contribution < 1.29 is 5.11 Å². The second-order valence-electron chi connectivity index (χ2n) is 5.47. The Balaban J connectivity index is 2.63. The highest BCUT2D eigenvalue weighted by atomic mass is 16.3. The minimum Gasteiger partial charge on any atom is -0.391 e. The largest absolute Gasteiger partial charge is 0.391 e. The van der Waals surface area contributed by atoms with E-state index in [2.05, 4.69) is 32.8 Å². The smallest absolute Gasteiger partial charge is 0.0726 e. The van der Waals surface area contributed by atoms with Crippen LogP contribution in [-0.4, -0.2) is 35.7 Å². The fourth-order valence-corrected chi connectivity index (χ4v) is 2.83. The molecule has 0 aromatic heterocycles. The van der Waals surface area contributed by atoms with Crippen molar-refractivity contribution in [3.8, 4) is 0 Å². The molecule has 1 rings (SSSR count). The highest BCUT2D eigenvalue weighted by Crippen LogP contribution is 2.38. The molecule has 0 aromatic carbocycles. The third kappa shape index (κ3) is 2.73. The lowest BCUT2D eigenvalue weighted by molar-refractivity contribution is -0.0159. The van der Waals surface area contributed by atoms with Gasteiger partial charge in [0, 0.05) is 5.54 Å². The van der Waals surface area contributed by atoms with Crippen LogP contribution in [-0.2, 0) is 0 Å². The maximum absolute atomic E-state index is 10.4. The number of aliphatic hydroxyl groups excluding tert-OH is 1. The minimum absolute atomic E-state index is 0.0728. The van der Waals surface area contributed by atoms with Gasteiger partial charge in [0.25, 0.3) is 0 Å². The third-order valence-electron chi connectivity index (χ3n) is 4.30. The number of hydrogen-bond donors (Lipinski definition) is 1. The molecule has 2 unspecified atom stereocenters. The molecule has 0 aromatic rings. The van der Waals surface area contributed by atoms with Crippen molar-refractivity contribution in [3.63, 3.8) is 0 Å². The zero-order chi connectivity index (χ0) is 11.5. The van der Waals surface area contributed by atoms with E-state index in [4.69, 9.17) is 0 Å². The molecule has 1 fully saturated rings. The summed E-state index contributed by atoms with van der Waals surface area (Å²) in [6.07, 6.45) is 6.85. The van der Waals surface area contributed by atoms with Crippen molar-refractivity contribution in [3.05, 3.63) is 0 Å². The van der Waals surface area contributed by atoms with Crippen LogP contribution >= 0.6 is 0 Å². The lowest BCUT2D eigenvalue weighted by Gasteiger charge is -2.41. The molecule has 0 aliphatic heterocycles. The second-order valence-corrected chi connectivity index (χ2v) is 5.47. The molecule has 90 valence electrons. The Kier molecular flexibility index (Phi) is 4.60. The van der Waals surface area contributed by atoms with Crippen LogP contribution < -0.4 is 0 Å². The van der Waals surface area contributed by atoms with Gasteiger partial charge in [-0.3, -0.25) is 0 Å². The van der Waals surface area contributed by atoms with E-state index in [-0.39, 0.29) is 11.6 Å². The molecule has 1 saturated carbocycles. The normalized spacial score (nSPS) is 24.4. The van der Waals surface area contributed by atoms with E-state index < -0.39 is 0 Å². The van der Waals surface area contributed by atoms with E-state index in [1.54, 1.807) is 0 Å². The van der Waals surface area contributed by atoms with Crippen LogP contribution in [0.3, 0.4) is 0 Å². The van der Waals surface area contributed by atoms with Crippen molar-refractivity contribution in [2.45, 2.75) is 64.0 Å². The first-order valence-corrected chi connectivity index (χ1v) is 6.38. The van der Waals surface area contributed by atoms with E-state index in [9.17, 15) is 5.11 Å². The number of likely N-dealkylation sites (N-methyl/N-ethyl adjacent to an activating group) is 1. The standard InChI is InChI=1S/C13H27NO/c1-5-11(2)10-12(15)13(14(3)4)8-6-7-9-13/h11-12,15H,5-10H2,1-4H3. The van der Waals surface area contributed by atoms with E-state index in [0.29, 0.717) is 5.92 Å². The molecule has 0 saturated heterocycles. The summed E-state index contributed by atoms with van der Waals surface area (Å²) in [5.41, 5.74) is 0.0728. The van der Waals surface area contributed by atoms with Gasteiger partial charge in [-0.15, -0.1) is 0 Å². The summed E-state index contributed by atoms with van der Waals surface area (Å²) < 4.78 is 0. The first kappa shape index (κ1) is 13.0. The Hall–Kier alpha value is -0.0800. The average Bonchev–Trinajstić information content (AvgIpc) is 2.67. The van der Waals surface area contributed by atoms with E-state index >= 15 is 0 Å². The van der Waals surface area contributed by atoms with Gasteiger partial charge in [-0.25, -0.2) is 0 Å². The van der Waals surface area contributed by atoms with Gasteiger partial charge in [-0.1, -0.05) is 33.1 Å².